The van der Waals surface area contributed by atoms with Crippen LogP contribution in [0.25, 0.3) is 5.69 Å². The number of benzene rings is 2. The number of aromatic nitrogens is 3. The van der Waals surface area contributed by atoms with E-state index in [9.17, 15) is 21.6 Å². The summed E-state index contributed by atoms with van der Waals surface area (Å²) in [5.41, 5.74) is -0.199. The molecule has 2 N–H and O–H groups in total. The molecule has 0 aliphatic carbocycles. The lowest BCUT2D eigenvalue weighted by Gasteiger charge is -2.20. The number of hydrogen-bond acceptors (Lipinski definition) is 5. The zero-order valence-corrected chi connectivity index (χ0v) is 17.7. The van der Waals surface area contributed by atoms with Gasteiger partial charge in [0.2, 0.25) is 10.0 Å². The highest BCUT2D eigenvalue weighted by Crippen LogP contribution is 2.22. The number of hydrogen-bond donors (Lipinski definition) is 1. The largest absolute Gasteiger partial charge is 0.292 e. The molecule has 2 aromatic carbocycles. The minimum atomic E-state index is -4.19. The third-order valence-electron chi connectivity index (χ3n) is 5.05. The predicted molar refractivity (Wildman–Crippen MR) is 111 cm³/mol. The Morgan fingerprint density at radius 3 is 2.47 bits per heavy atom. The average molecular weight is 463 g/mol. The summed E-state index contributed by atoms with van der Waals surface area (Å²) in [7, 11) is -4.19. The van der Waals surface area contributed by atoms with Gasteiger partial charge in [0.15, 0.2) is 5.82 Å². The van der Waals surface area contributed by atoms with Crippen LogP contribution in [-0.4, -0.2) is 41.2 Å². The predicted octanol–water partition coefficient (Wildman–Crippen LogP) is 2.68. The highest BCUT2D eigenvalue weighted by Gasteiger charge is 2.20. The van der Waals surface area contributed by atoms with Crippen LogP contribution in [-0.2, 0) is 23.0 Å². The maximum absolute atomic E-state index is 14.3. The van der Waals surface area contributed by atoms with Gasteiger partial charge in [0, 0.05) is 25.1 Å². The molecular weight excluding hydrogens is 443 g/mol. The third kappa shape index (κ3) is 4.90. The summed E-state index contributed by atoms with van der Waals surface area (Å²) in [6.07, 6.45) is 4.68. The minimum Gasteiger partial charge on any atom is -0.292 e. The van der Waals surface area contributed by atoms with Gasteiger partial charge in [-0.25, -0.2) is 36.4 Å². The monoisotopic (exact) mass is 463 g/mol. The Labute approximate surface area is 183 Å². The van der Waals surface area contributed by atoms with Gasteiger partial charge in [-0.05, 0) is 36.8 Å². The van der Waals surface area contributed by atoms with Crippen LogP contribution < -0.4 is 5.14 Å². The molecule has 0 saturated carbocycles. The van der Waals surface area contributed by atoms with Gasteiger partial charge >= 0.3 is 0 Å². The number of nitrogens with zero attached hydrogens (tertiary/aromatic N) is 4. The molecule has 3 aromatic rings. The number of primary sulfonamides is 1. The smallest absolute Gasteiger partial charge is 0.238 e. The van der Waals surface area contributed by atoms with Crippen LogP contribution >= 0.6 is 0 Å². The van der Waals surface area contributed by atoms with Gasteiger partial charge in [0.1, 0.15) is 23.3 Å². The first-order chi connectivity index (χ1) is 15.2. The Bertz CT molecular complexity index is 1270. The molecule has 1 aliphatic heterocycles. The van der Waals surface area contributed by atoms with Crippen molar-refractivity contribution in [2.24, 2.45) is 5.14 Å². The maximum atomic E-state index is 14.3. The number of sulfonamides is 1. The van der Waals surface area contributed by atoms with Crippen molar-refractivity contribution >= 4 is 10.0 Å². The molecule has 168 valence electrons. The maximum Gasteiger partial charge on any atom is 0.238 e. The minimum absolute atomic E-state index is 0.0260. The summed E-state index contributed by atoms with van der Waals surface area (Å²) < 4.78 is 67.4. The van der Waals surface area contributed by atoms with Crippen LogP contribution in [0.1, 0.15) is 23.6 Å². The highest BCUT2D eigenvalue weighted by molar-refractivity contribution is 7.89. The van der Waals surface area contributed by atoms with E-state index in [1.807, 2.05) is 6.08 Å². The fraction of sp³-hybridized carbons (Fsp3) is 0.238. The summed E-state index contributed by atoms with van der Waals surface area (Å²) in [6, 6.07) is 6.48. The van der Waals surface area contributed by atoms with Crippen LogP contribution in [0.4, 0.5) is 13.2 Å². The molecule has 0 spiro atoms. The van der Waals surface area contributed by atoms with Crippen molar-refractivity contribution in [2.45, 2.75) is 24.3 Å². The first kappa shape index (κ1) is 22.2. The summed E-state index contributed by atoms with van der Waals surface area (Å²) in [5.74, 6) is -1.89. The second kappa shape index (κ2) is 8.85. The van der Waals surface area contributed by atoms with Crippen molar-refractivity contribution in [3.8, 4) is 5.69 Å². The Morgan fingerprint density at radius 1 is 1.06 bits per heavy atom. The molecule has 0 atom stereocenters. The first-order valence-corrected chi connectivity index (χ1v) is 11.3. The standard InChI is InChI=1S/C21H20F3N5O2S/c22-14-9-15(11-16(10-14)32(25,30)31)29-21(12-17-18(23)5-4-6-19(17)24)26-20(27-29)13-28-7-2-1-3-8-28/h1-2,4-6,9-11H,3,7-8,12-13H2,(H2,25,30,31). The zero-order chi connectivity index (χ0) is 22.9. The average Bonchev–Trinajstić information content (AvgIpc) is 3.13. The Kier molecular flexibility index (Phi) is 6.13. The topological polar surface area (TPSA) is 94.1 Å². The van der Waals surface area contributed by atoms with Gasteiger partial charge in [-0.15, -0.1) is 5.10 Å². The van der Waals surface area contributed by atoms with Crippen molar-refractivity contribution in [1.82, 2.24) is 19.7 Å². The van der Waals surface area contributed by atoms with E-state index in [1.54, 1.807) is 0 Å². The SMILES string of the molecule is NS(=O)(=O)c1cc(F)cc(-n2nc(CN3CC=CCC3)nc2Cc2c(F)cccc2F)c1. The van der Waals surface area contributed by atoms with Crippen molar-refractivity contribution in [3.05, 3.63) is 83.2 Å². The van der Waals surface area contributed by atoms with Crippen molar-refractivity contribution in [2.75, 3.05) is 13.1 Å². The molecule has 11 heteroatoms. The van der Waals surface area contributed by atoms with Crippen LogP contribution in [0.5, 0.6) is 0 Å². The Hall–Kier alpha value is -3.02. The molecule has 1 aromatic heterocycles. The number of halogens is 3. The fourth-order valence-corrected chi connectivity index (χ4v) is 4.07. The van der Waals surface area contributed by atoms with E-state index in [1.165, 1.54) is 10.7 Å². The first-order valence-electron chi connectivity index (χ1n) is 9.79. The van der Waals surface area contributed by atoms with Crippen LogP contribution in [0.15, 0.2) is 53.4 Å². The van der Waals surface area contributed by atoms with E-state index in [2.05, 4.69) is 21.1 Å². The molecule has 1 aliphatic rings. The van der Waals surface area contributed by atoms with Crippen molar-refractivity contribution in [1.29, 1.82) is 0 Å². The molecule has 0 bridgehead atoms. The van der Waals surface area contributed by atoms with Crippen molar-refractivity contribution in [3.63, 3.8) is 0 Å². The second-order valence-corrected chi connectivity index (χ2v) is 8.98. The zero-order valence-electron chi connectivity index (χ0n) is 16.9. The van der Waals surface area contributed by atoms with E-state index < -0.39 is 32.4 Å². The van der Waals surface area contributed by atoms with E-state index in [-0.39, 0.29) is 23.5 Å². The summed E-state index contributed by atoms with van der Waals surface area (Å²) in [4.78, 5) is 6.06. The van der Waals surface area contributed by atoms with Gasteiger partial charge in [0.25, 0.3) is 0 Å². The molecule has 0 unspecified atom stereocenters. The Balaban J connectivity index is 1.79. The fourth-order valence-electron chi connectivity index (χ4n) is 3.51. The molecule has 7 nitrogen and oxygen atoms in total. The van der Waals surface area contributed by atoms with E-state index >= 15 is 0 Å². The van der Waals surface area contributed by atoms with Crippen molar-refractivity contribution < 1.29 is 21.6 Å². The molecule has 0 radical (unpaired) electrons. The molecule has 0 saturated heterocycles. The molecule has 0 amide bonds. The lowest BCUT2D eigenvalue weighted by atomic mass is 10.1. The van der Waals surface area contributed by atoms with Gasteiger partial charge in [-0.2, -0.15) is 0 Å². The molecular formula is C21H20F3N5O2S. The quantitative estimate of drug-likeness (QED) is 0.568. The van der Waals surface area contributed by atoms with Crippen LogP contribution in [0, 0.1) is 17.5 Å². The molecule has 4 rings (SSSR count). The number of rotatable bonds is 6. The lowest BCUT2D eigenvalue weighted by Crippen LogP contribution is -2.27. The van der Waals surface area contributed by atoms with Gasteiger partial charge in [0.05, 0.1) is 17.1 Å². The second-order valence-electron chi connectivity index (χ2n) is 7.42. The Morgan fingerprint density at radius 2 is 1.81 bits per heavy atom. The number of nitrogens with two attached hydrogens (primary N) is 1. The molecule has 0 fully saturated rings. The molecule has 2 heterocycles. The highest BCUT2D eigenvalue weighted by atomic mass is 32.2. The van der Waals surface area contributed by atoms with Gasteiger partial charge in [-0.1, -0.05) is 18.2 Å². The third-order valence-corrected chi connectivity index (χ3v) is 5.94. The van der Waals surface area contributed by atoms with E-state index in [0.29, 0.717) is 18.9 Å². The van der Waals surface area contributed by atoms with E-state index in [4.69, 9.17) is 5.14 Å². The molecule has 32 heavy (non-hydrogen) atoms. The van der Waals surface area contributed by atoms with Crippen LogP contribution in [0.3, 0.4) is 0 Å². The summed E-state index contributed by atoms with van der Waals surface area (Å²) in [6.45, 7) is 1.85. The van der Waals surface area contributed by atoms with Gasteiger partial charge in [-0.3, -0.25) is 4.90 Å². The summed E-state index contributed by atoms with van der Waals surface area (Å²) >= 11 is 0. The van der Waals surface area contributed by atoms with Crippen LogP contribution in [0.2, 0.25) is 0 Å². The summed E-state index contributed by atoms with van der Waals surface area (Å²) in [5, 5.41) is 9.54. The lowest BCUT2D eigenvalue weighted by molar-refractivity contribution is 0.283. The van der Waals surface area contributed by atoms with Gasteiger partial charge < -0.3 is 0 Å². The normalized spacial score (nSPS) is 14.8. The van der Waals surface area contributed by atoms with E-state index in [0.717, 1.165) is 43.3 Å².